The van der Waals surface area contributed by atoms with Crippen LogP contribution in [0.2, 0.25) is 0 Å². The van der Waals surface area contributed by atoms with Crippen LogP contribution in [-0.2, 0) is 21.4 Å². The largest absolute Gasteiger partial charge is 0.467 e. The zero-order valence-corrected chi connectivity index (χ0v) is 13.9. The zero-order chi connectivity index (χ0) is 16.9. The van der Waals surface area contributed by atoms with Gasteiger partial charge >= 0.3 is 0 Å². The smallest absolute Gasteiger partial charge is 0.244 e. The van der Waals surface area contributed by atoms with Gasteiger partial charge in [0, 0.05) is 0 Å². The van der Waals surface area contributed by atoms with Gasteiger partial charge in [-0.1, -0.05) is 25.1 Å². The maximum Gasteiger partial charge on any atom is 0.244 e. The summed E-state index contributed by atoms with van der Waals surface area (Å²) in [7, 11) is -3.60. The SMILES string of the molecule is CCC(C(=O)NCc1ccco1)N(c1ccccc1)S(C)(=O)=O. The number of carbonyl (C=O) groups excluding carboxylic acids is 1. The maximum atomic E-state index is 12.5. The zero-order valence-electron chi connectivity index (χ0n) is 13.1. The third-order valence-electron chi connectivity index (χ3n) is 3.36. The van der Waals surface area contributed by atoms with Gasteiger partial charge in [-0.25, -0.2) is 8.42 Å². The van der Waals surface area contributed by atoms with Crippen LogP contribution in [0.4, 0.5) is 5.69 Å². The lowest BCUT2D eigenvalue weighted by Gasteiger charge is -2.30. The Kier molecular flexibility index (Phi) is 5.44. The molecule has 0 saturated heterocycles. The quantitative estimate of drug-likeness (QED) is 0.840. The highest BCUT2D eigenvalue weighted by Gasteiger charge is 2.31. The molecule has 7 heteroatoms. The van der Waals surface area contributed by atoms with Crippen LogP contribution >= 0.6 is 0 Å². The Morgan fingerprint density at radius 1 is 1.22 bits per heavy atom. The second-order valence-corrected chi connectivity index (χ2v) is 6.98. The van der Waals surface area contributed by atoms with Crippen LogP contribution in [0.5, 0.6) is 0 Å². The Morgan fingerprint density at radius 3 is 2.43 bits per heavy atom. The van der Waals surface area contributed by atoms with Gasteiger partial charge in [-0.05, 0) is 30.7 Å². The van der Waals surface area contributed by atoms with E-state index in [9.17, 15) is 13.2 Å². The van der Waals surface area contributed by atoms with Crippen molar-refractivity contribution in [3.05, 3.63) is 54.5 Å². The number of benzene rings is 1. The molecular formula is C16H20N2O4S. The topological polar surface area (TPSA) is 79.6 Å². The summed E-state index contributed by atoms with van der Waals surface area (Å²) in [5, 5.41) is 2.72. The van der Waals surface area contributed by atoms with Crippen molar-refractivity contribution < 1.29 is 17.6 Å². The first-order chi connectivity index (χ1) is 10.9. The van der Waals surface area contributed by atoms with Gasteiger partial charge in [0.25, 0.3) is 0 Å². The van der Waals surface area contributed by atoms with E-state index in [0.29, 0.717) is 17.9 Å². The fourth-order valence-corrected chi connectivity index (χ4v) is 3.55. The molecule has 2 aromatic rings. The molecule has 6 nitrogen and oxygen atoms in total. The van der Waals surface area contributed by atoms with E-state index in [1.54, 1.807) is 49.4 Å². The first kappa shape index (κ1) is 17.1. The number of nitrogens with zero attached hydrogens (tertiary/aromatic N) is 1. The van der Waals surface area contributed by atoms with Gasteiger partial charge in [0.2, 0.25) is 15.9 Å². The van der Waals surface area contributed by atoms with E-state index in [-0.39, 0.29) is 12.5 Å². The van der Waals surface area contributed by atoms with Crippen molar-refractivity contribution in [1.29, 1.82) is 0 Å². The molecular weight excluding hydrogens is 316 g/mol. The predicted molar refractivity (Wildman–Crippen MR) is 88.4 cm³/mol. The van der Waals surface area contributed by atoms with E-state index >= 15 is 0 Å². The summed E-state index contributed by atoms with van der Waals surface area (Å²) in [4.78, 5) is 12.5. The maximum absolute atomic E-state index is 12.5. The third-order valence-corrected chi connectivity index (χ3v) is 4.54. The molecule has 1 aromatic heterocycles. The van der Waals surface area contributed by atoms with Gasteiger partial charge in [-0.3, -0.25) is 9.10 Å². The van der Waals surface area contributed by atoms with Crippen molar-refractivity contribution in [2.75, 3.05) is 10.6 Å². The number of furan rings is 1. The number of amides is 1. The fourth-order valence-electron chi connectivity index (χ4n) is 2.34. The number of hydrogen-bond acceptors (Lipinski definition) is 4. The molecule has 1 unspecified atom stereocenters. The molecule has 2 rings (SSSR count). The van der Waals surface area contributed by atoms with Gasteiger partial charge in [-0.15, -0.1) is 0 Å². The standard InChI is InChI=1S/C16H20N2O4S/c1-3-15(16(19)17-12-14-10-7-11-22-14)18(23(2,20)21)13-8-5-4-6-9-13/h4-11,15H,3,12H2,1-2H3,(H,17,19). The Bertz CT molecular complexity index is 727. The lowest BCUT2D eigenvalue weighted by Crippen LogP contribution is -2.49. The summed E-state index contributed by atoms with van der Waals surface area (Å²) in [5.74, 6) is 0.247. The van der Waals surface area contributed by atoms with Crippen molar-refractivity contribution in [2.45, 2.75) is 25.9 Å². The predicted octanol–water partition coefficient (Wildman–Crippen LogP) is 2.14. The molecule has 23 heavy (non-hydrogen) atoms. The van der Waals surface area contributed by atoms with Crippen molar-refractivity contribution in [3.63, 3.8) is 0 Å². The lowest BCUT2D eigenvalue weighted by atomic mass is 10.2. The summed E-state index contributed by atoms with van der Waals surface area (Å²) in [6, 6.07) is 11.3. The van der Waals surface area contributed by atoms with E-state index in [2.05, 4.69) is 5.32 Å². The van der Waals surface area contributed by atoms with Crippen LogP contribution in [0.15, 0.2) is 53.1 Å². The number of anilines is 1. The van der Waals surface area contributed by atoms with Crippen molar-refractivity contribution in [3.8, 4) is 0 Å². The van der Waals surface area contributed by atoms with E-state index in [1.165, 1.54) is 6.26 Å². The normalized spacial score (nSPS) is 12.6. The molecule has 0 fully saturated rings. The monoisotopic (exact) mass is 336 g/mol. The van der Waals surface area contributed by atoms with E-state index in [1.807, 2.05) is 0 Å². The summed E-state index contributed by atoms with van der Waals surface area (Å²) in [5.41, 5.74) is 0.468. The first-order valence-electron chi connectivity index (χ1n) is 7.28. The van der Waals surface area contributed by atoms with Gasteiger partial charge in [0.05, 0.1) is 24.8 Å². The number of rotatable bonds is 7. The minimum absolute atomic E-state index is 0.217. The molecule has 0 spiro atoms. The van der Waals surface area contributed by atoms with Gasteiger partial charge in [-0.2, -0.15) is 0 Å². The Labute approximate surface area is 136 Å². The van der Waals surface area contributed by atoms with Crippen molar-refractivity contribution in [2.24, 2.45) is 0 Å². The molecule has 0 saturated carbocycles. The lowest BCUT2D eigenvalue weighted by molar-refractivity contribution is -0.122. The average Bonchev–Trinajstić information content (AvgIpc) is 3.03. The highest BCUT2D eigenvalue weighted by Crippen LogP contribution is 2.22. The molecule has 0 aliphatic heterocycles. The van der Waals surface area contributed by atoms with E-state index < -0.39 is 16.1 Å². The van der Waals surface area contributed by atoms with Crippen LogP contribution in [0, 0.1) is 0 Å². The summed E-state index contributed by atoms with van der Waals surface area (Å²) in [6.07, 6.45) is 2.97. The second-order valence-electron chi connectivity index (χ2n) is 5.12. The molecule has 0 radical (unpaired) electrons. The Morgan fingerprint density at radius 2 is 1.91 bits per heavy atom. The number of sulfonamides is 1. The van der Waals surface area contributed by atoms with Crippen molar-refractivity contribution in [1.82, 2.24) is 5.32 Å². The van der Waals surface area contributed by atoms with Crippen LogP contribution in [0.3, 0.4) is 0 Å². The molecule has 0 aliphatic carbocycles. The van der Waals surface area contributed by atoms with Gasteiger partial charge in [0.1, 0.15) is 11.8 Å². The number of nitrogens with one attached hydrogen (secondary N) is 1. The minimum atomic E-state index is -3.60. The number of carbonyl (C=O) groups is 1. The second kappa shape index (κ2) is 7.32. The summed E-state index contributed by atoms with van der Waals surface area (Å²) < 4.78 is 30.7. The molecule has 124 valence electrons. The molecule has 1 aromatic carbocycles. The third kappa shape index (κ3) is 4.35. The fraction of sp³-hybridized carbons (Fsp3) is 0.312. The van der Waals surface area contributed by atoms with Crippen LogP contribution < -0.4 is 9.62 Å². The Balaban J connectivity index is 2.22. The summed E-state index contributed by atoms with van der Waals surface area (Å²) in [6.45, 7) is 1.99. The van der Waals surface area contributed by atoms with Gasteiger partial charge < -0.3 is 9.73 Å². The Hall–Kier alpha value is -2.28. The molecule has 1 atom stereocenters. The molecule has 0 aliphatic rings. The van der Waals surface area contributed by atoms with Crippen molar-refractivity contribution >= 4 is 21.6 Å². The summed E-state index contributed by atoms with van der Waals surface area (Å²) >= 11 is 0. The van der Waals surface area contributed by atoms with Crippen LogP contribution in [0.25, 0.3) is 0 Å². The molecule has 1 N–H and O–H groups in total. The van der Waals surface area contributed by atoms with Crippen LogP contribution in [-0.4, -0.2) is 26.6 Å². The van der Waals surface area contributed by atoms with E-state index in [4.69, 9.17) is 4.42 Å². The number of para-hydroxylation sites is 1. The number of hydrogen-bond donors (Lipinski definition) is 1. The molecule has 1 heterocycles. The molecule has 0 bridgehead atoms. The first-order valence-corrected chi connectivity index (χ1v) is 9.13. The van der Waals surface area contributed by atoms with Gasteiger partial charge in [0.15, 0.2) is 0 Å². The highest BCUT2D eigenvalue weighted by atomic mass is 32.2. The van der Waals surface area contributed by atoms with Crippen LogP contribution in [0.1, 0.15) is 19.1 Å². The minimum Gasteiger partial charge on any atom is -0.467 e. The highest BCUT2D eigenvalue weighted by molar-refractivity contribution is 7.92. The molecule has 1 amide bonds. The van der Waals surface area contributed by atoms with E-state index in [0.717, 1.165) is 10.6 Å². The average molecular weight is 336 g/mol.